The lowest BCUT2D eigenvalue weighted by Crippen LogP contribution is -2.11. The first kappa shape index (κ1) is 16.4. The van der Waals surface area contributed by atoms with Crippen molar-refractivity contribution in [1.29, 1.82) is 0 Å². The van der Waals surface area contributed by atoms with Crippen LogP contribution in [0.2, 0.25) is 0 Å². The maximum absolute atomic E-state index is 10.6. The van der Waals surface area contributed by atoms with Crippen molar-refractivity contribution < 1.29 is 9.53 Å². The summed E-state index contributed by atoms with van der Waals surface area (Å²) in [5, 5.41) is 0. The molecule has 0 aromatic rings. The molecule has 14 heavy (non-hydrogen) atoms. The third kappa shape index (κ3) is 11.9. The lowest BCUT2D eigenvalue weighted by Gasteiger charge is -2.10. The van der Waals surface area contributed by atoms with E-state index in [4.69, 9.17) is 4.74 Å². The Balaban J connectivity index is 0. The summed E-state index contributed by atoms with van der Waals surface area (Å²) in [4.78, 5) is 10.6. The standard InChI is InChI=1S/C11H22O2.BrH/c1-4-5-6-7-8-9-10(2)13-11(3)12;/h10H,4-9H2,1-3H3;1H. The Morgan fingerprint density at radius 1 is 1.21 bits per heavy atom. The van der Waals surface area contributed by atoms with Crippen molar-refractivity contribution in [3.63, 3.8) is 0 Å². The molecule has 0 rings (SSSR count). The summed E-state index contributed by atoms with van der Waals surface area (Å²) in [6, 6.07) is 0. The van der Waals surface area contributed by atoms with Gasteiger partial charge >= 0.3 is 5.97 Å². The molecule has 2 nitrogen and oxygen atoms in total. The van der Waals surface area contributed by atoms with Crippen LogP contribution >= 0.6 is 17.0 Å². The van der Waals surface area contributed by atoms with Crippen molar-refractivity contribution in [2.45, 2.75) is 65.4 Å². The summed E-state index contributed by atoms with van der Waals surface area (Å²) in [5.74, 6) is -0.166. The Kier molecular flexibility index (Phi) is 12.9. The average Bonchev–Trinajstić information content (AvgIpc) is 2.02. The van der Waals surface area contributed by atoms with Gasteiger partial charge in [-0.1, -0.05) is 32.6 Å². The first-order chi connectivity index (χ1) is 6.16. The summed E-state index contributed by atoms with van der Waals surface area (Å²) in [5.41, 5.74) is 0. The fraction of sp³-hybridized carbons (Fsp3) is 0.909. The van der Waals surface area contributed by atoms with Gasteiger partial charge in [0, 0.05) is 6.92 Å². The van der Waals surface area contributed by atoms with Crippen molar-refractivity contribution in [3.8, 4) is 0 Å². The monoisotopic (exact) mass is 266 g/mol. The second kappa shape index (κ2) is 11.0. The molecule has 0 heterocycles. The quantitative estimate of drug-likeness (QED) is 0.517. The molecule has 0 radical (unpaired) electrons. The smallest absolute Gasteiger partial charge is 0.302 e. The molecule has 0 aromatic heterocycles. The van der Waals surface area contributed by atoms with Crippen molar-refractivity contribution in [2.75, 3.05) is 0 Å². The van der Waals surface area contributed by atoms with Gasteiger partial charge < -0.3 is 4.74 Å². The van der Waals surface area contributed by atoms with E-state index in [1.165, 1.54) is 39.0 Å². The Morgan fingerprint density at radius 3 is 2.29 bits per heavy atom. The van der Waals surface area contributed by atoms with Crippen molar-refractivity contribution >= 4 is 23.0 Å². The summed E-state index contributed by atoms with van der Waals surface area (Å²) in [6.07, 6.45) is 7.45. The van der Waals surface area contributed by atoms with Gasteiger partial charge in [0.25, 0.3) is 0 Å². The van der Waals surface area contributed by atoms with Crippen LogP contribution in [0.1, 0.15) is 59.3 Å². The molecular weight excluding hydrogens is 244 g/mol. The van der Waals surface area contributed by atoms with Crippen LogP contribution in [0, 0.1) is 0 Å². The van der Waals surface area contributed by atoms with Crippen LogP contribution in [0.5, 0.6) is 0 Å². The summed E-state index contributed by atoms with van der Waals surface area (Å²) >= 11 is 0. The lowest BCUT2D eigenvalue weighted by atomic mass is 10.1. The highest BCUT2D eigenvalue weighted by Crippen LogP contribution is 2.08. The number of halogens is 1. The number of unbranched alkanes of at least 4 members (excludes halogenated alkanes) is 4. The van der Waals surface area contributed by atoms with Gasteiger partial charge in [0.1, 0.15) is 0 Å². The molecule has 0 amide bonds. The third-order valence-corrected chi connectivity index (χ3v) is 2.08. The minimum absolute atomic E-state index is 0. The largest absolute Gasteiger partial charge is 0.463 e. The highest BCUT2D eigenvalue weighted by molar-refractivity contribution is 8.93. The highest BCUT2D eigenvalue weighted by Gasteiger charge is 2.03. The number of hydrogen-bond acceptors (Lipinski definition) is 2. The Morgan fingerprint density at radius 2 is 1.79 bits per heavy atom. The van der Waals surface area contributed by atoms with Gasteiger partial charge in [-0.3, -0.25) is 4.79 Å². The summed E-state index contributed by atoms with van der Waals surface area (Å²) in [7, 11) is 0. The number of ether oxygens (including phenoxy) is 1. The van der Waals surface area contributed by atoms with Crippen LogP contribution < -0.4 is 0 Å². The maximum Gasteiger partial charge on any atom is 0.302 e. The number of carbonyl (C=O) groups excluding carboxylic acids is 1. The van der Waals surface area contributed by atoms with Crippen molar-refractivity contribution in [1.82, 2.24) is 0 Å². The van der Waals surface area contributed by atoms with Gasteiger partial charge in [-0.15, -0.1) is 17.0 Å². The van der Waals surface area contributed by atoms with Crippen molar-refractivity contribution in [3.05, 3.63) is 0 Å². The predicted molar refractivity (Wildman–Crippen MR) is 64.9 cm³/mol. The van der Waals surface area contributed by atoms with E-state index >= 15 is 0 Å². The number of carbonyl (C=O) groups is 1. The predicted octanol–water partition coefficient (Wildman–Crippen LogP) is 3.88. The maximum atomic E-state index is 10.6. The second-order valence-corrected chi connectivity index (χ2v) is 3.62. The van der Waals surface area contributed by atoms with Crippen LogP contribution in [0.25, 0.3) is 0 Å². The zero-order valence-electron chi connectivity index (χ0n) is 9.54. The van der Waals surface area contributed by atoms with E-state index in [1.807, 2.05) is 6.92 Å². The Bertz CT molecular complexity index is 137. The number of hydrogen-bond donors (Lipinski definition) is 0. The average molecular weight is 267 g/mol. The lowest BCUT2D eigenvalue weighted by molar-refractivity contribution is -0.145. The summed E-state index contributed by atoms with van der Waals surface area (Å²) in [6.45, 7) is 5.64. The minimum atomic E-state index is -0.166. The van der Waals surface area contributed by atoms with Gasteiger partial charge in [-0.25, -0.2) is 0 Å². The Hall–Kier alpha value is -0.0500. The van der Waals surface area contributed by atoms with Crippen LogP contribution in [-0.2, 0) is 9.53 Å². The normalized spacial score (nSPS) is 11.6. The fourth-order valence-corrected chi connectivity index (χ4v) is 1.38. The molecule has 0 aliphatic carbocycles. The van der Waals surface area contributed by atoms with Crippen LogP contribution in [-0.4, -0.2) is 12.1 Å². The van der Waals surface area contributed by atoms with Gasteiger partial charge in [-0.05, 0) is 19.8 Å². The molecule has 86 valence electrons. The minimum Gasteiger partial charge on any atom is -0.463 e. The Labute approximate surface area is 98.2 Å². The van der Waals surface area contributed by atoms with Gasteiger partial charge in [-0.2, -0.15) is 0 Å². The number of rotatable bonds is 7. The van der Waals surface area contributed by atoms with Gasteiger partial charge in [0.05, 0.1) is 6.10 Å². The van der Waals surface area contributed by atoms with E-state index in [-0.39, 0.29) is 29.1 Å². The van der Waals surface area contributed by atoms with E-state index in [0.29, 0.717) is 0 Å². The van der Waals surface area contributed by atoms with E-state index in [9.17, 15) is 4.79 Å². The van der Waals surface area contributed by atoms with Crippen LogP contribution in [0.3, 0.4) is 0 Å². The molecule has 0 aromatic carbocycles. The zero-order chi connectivity index (χ0) is 10.1. The molecule has 0 saturated heterocycles. The SMILES string of the molecule is Br.CCCCCCCC(C)OC(C)=O. The molecule has 0 aliphatic heterocycles. The molecule has 0 fully saturated rings. The first-order valence-corrected chi connectivity index (χ1v) is 5.34. The summed E-state index contributed by atoms with van der Waals surface area (Å²) < 4.78 is 5.02. The third-order valence-electron chi connectivity index (χ3n) is 2.08. The highest BCUT2D eigenvalue weighted by atomic mass is 79.9. The zero-order valence-corrected chi connectivity index (χ0v) is 11.3. The van der Waals surface area contributed by atoms with Crippen molar-refractivity contribution in [2.24, 2.45) is 0 Å². The van der Waals surface area contributed by atoms with Crippen LogP contribution in [0.4, 0.5) is 0 Å². The molecule has 0 N–H and O–H groups in total. The van der Waals surface area contributed by atoms with E-state index < -0.39 is 0 Å². The molecule has 1 atom stereocenters. The van der Waals surface area contributed by atoms with Gasteiger partial charge in [0.15, 0.2) is 0 Å². The topological polar surface area (TPSA) is 26.3 Å². The molecule has 0 aliphatic rings. The number of esters is 1. The van der Waals surface area contributed by atoms with E-state index in [2.05, 4.69) is 6.92 Å². The molecule has 0 saturated carbocycles. The van der Waals surface area contributed by atoms with Gasteiger partial charge in [0.2, 0.25) is 0 Å². The van der Waals surface area contributed by atoms with E-state index in [0.717, 1.165) is 6.42 Å². The molecule has 1 unspecified atom stereocenters. The van der Waals surface area contributed by atoms with E-state index in [1.54, 1.807) is 0 Å². The fourth-order valence-electron chi connectivity index (χ4n) is 1.38. The molecule has 3 heteroatoms. The molecule has 0 spiro atoms. The second-order valence-electron chi connectivity index (χ2n) is 3.62. The molecular formula is C11H23BrO2. The molecule has 0 bridgehead atoms. The first-order valence-electron chi connectivity index (χ1n) is 5.34. The van der Waals surface area contributed by atoms with Crippen LogP contribution in [0.15, 0.2) is 0 Å².